The molecule has 0 bridgehead atoms. The van der Waals surface area contributed by atoms with E-state index in [-0.39, 0.29) is 23.6 Å². The molecule has 0 heterocycles. The van der Waals surface area contributed by atoms with E-state index in [1.165, 1.54) is 6.92 Å². The van der Waals surface area contributed by atoms with Gasteiger partial charge in [0, 0.05) is 6.42 Å². The highest BCUT2D eigenvalue weighted by Crippen LogP contribution is 2.13. The molecule has 0 rings (SSSR count). The number of carbonyl (C=O) groups is 2. The number of Topliss-reactive ketones (excluding diaryl/α,β-unsaturated/α-hetero) is 1. The molecule has 0 N–H and O–H groups in total. The van der Waals surface area contributed by atoms with Crippen molar-refractivity contribution < 1.29 is 23.8 Å². The Hall–Kier alpha value is -0.940. The Balaban J connectivity index is 3.30. The summed E-state index contributed by atoms with van der Waals surface area (Å²) in [5.74, 6) is -0.130. The maximum absolute atomic E-state index is 11.3. The zero-order valence-electron chi connectivity index (χ0n) is 12.5. The normalized spacial score (nSPS) is 11.4. The van der Waals surface area contributed by atoms with Crippen LogP contribution in [-0.2, 0) is 23.8 Å². The number of ether oxygens (including phenoxy) is 3. The minimum absolute atomic E-state index is 0.0128. The average molecular weight is 274 g/mol. The molecule has 0 radical (unpaired) electrons. The smallest absolute Gasteiger partial charge is 0.308 e. The number of rotatable bonds is 10. The number of carbonyl (C=O) groups excluding carboxylic acids is 2. The second-order valence-electron chi connectivity index (χ2n) is 5.65. The van der Waals surface area contributed by atoms with E-state index < -0.39 is 0 Å². The third-order valence-electron chi connectivity index (χ3n) is 2.09. The summed E-state index contributed by atoms with van der Waals surface area (Å²) in [4.78, 5) is 22.0. The lowest BCUT2D eigenvalue weighted by Gasteiger charge is -2.17. The quantitative estimate of drug-likeness (QED) is 0.450. The number of hydrogen-bond donors (Lipinski definition) is 0. The standard InChI is InChI=1S/C14H26O5/c1-12(15)5-7-17-9-10-18-8-6-13(16)19-11-14(2,3)4/h5-11H2,1-4H3. The number of ketones is 1. The van der Waals surface area contributed by atoms with Crippen molar-refractivity contribution in [3.63, 3.8) is 0 Å². The fourth-order valence-electron chi connectivity index (χ4n) is 1.06. The Morgan fingerprint density at radius 1 is 0.895 bits per heavy atom. The molecule has 0 aromatic carbocycles. The third kappa shape index (κ3) is 15.0. The summed E-state index contributed by atoms with van der Waals surface area (Å²) < 4.78 is 15.5. The van der Waals surface area contributed by atoms with Crippen molar-refractivity contribution in [1.82, 2.24) is 0 Å². The molecule has 0 saturated carbocycles. The van der Waals surface area contributed by atoms with Crippen LogP contribution in [0.3, 0.4) is 0 Å². The van der Waals surface area contributed by atoms with E-state index in [1.807, 2.05) is 20.8 Å². The predicted octanol–water partition coefficient (Wildman–Crippen LogP) is 1.98. The molecule has 0 aromatic rings. The minimum atomic E-state index is -0.243. The van der Waals surface area contributed by atoms with E-state index in [2.05, 4.69) is 0 Å². The Morgan fingerprint density at radius 3 is 1.89 bits per heavy atom. The van der Waals surface area contributed by atoms with Crippen LogP contribution in [0.2, 0.25) is 0 Å². The minimum Gasteiger partial charge on any atom is -0.465 e. The van der Waals surface area contributed by atoms with Crippen LogP contribution >= 0.6 is 0 Å². The van der Waals surface area contributed by atoms with Gasteiger partial charge >= 0.3 is 5.97 Å². The monoisotopic (exact) mass is 274 g/mol. The van der Waals surface area contributed by atoms with E-state index in [0.717, 1.165) is 0 Å². The molecule has 0 aromatic heterocycles. The summed E-state index contributed by atoms with van der Waals surface area (Å²) in [5.41, 5.74) is -0.0128. The van der Waals surface area contributed by atoms with E-state index >= 15 is 0 Å². The number of esters is 1. The van der Waals surface area contributed by atoms with Gasteiger partial charge in [-0.2, -0.15) is 0 Å². The molecule has 5 nitrogen and oxygen atoms in total. The fraction of sp³-hybridized carbons (Fsp3) is 0.857. The summed E-state index contributed by atoms with van der Waals surface area (Å²) in [7, 11) is 0. The van der Waals surface area contributed by atoms with E-state index in [9.17, 15) is 9.59 Å². The Labute approximate surface area is 115 Å². The summed E-state index contributed by atoms with van der Waals surface area (Å²) in [6, 6.07) is 0. The second kappa shape index (κ2) is 9.92. The van der Waals surface area contributed by atoms with Crippen molar-refractivity contribution in [2.24, 2.45) is 5.41 Å². The van der Waals surface area contributed by atoms with Crippen molar-refractivity contribution in [1.29, 1.82) is 0 Å². The molecule has 0 amide bonds. The Morgan fingerprint density at radius 2 is 1.42 bits per heavy atom. The molecule has 0 aliphatic heterocycles. The topological polar surface area (TPSA) is 61.8 Å². The van der Waals surface area contributed by atoms with Crippen LogP contribution in [-0.4, -0.2) is 44.8 Å². The molecule has 112 valence electrons. The van der Waals surface area contributed by atoms with Gasteiger partial charge in [0.1, 0.15) is 5.78 Å². The van der Waals surface area contributed by atoms with Gasteiger partial charge < -0.3 is 14.2 Å². The molecule has 19 heavy (non-hydrogen) atoms. The van der Waals surface area contributed by atoms with Gasteiger partial charge in [-0.15, -0.1) is 0 Å². The lowest BCUT2D eigenvalue weighted by atomic mass is 9.99. The van der Waals surface area contributed by atoms with Crippen LogP contribution in [0, 0.1) is 5.41 Å². The van der Waals surface area contributed by atoms with Crippen molar-refractivity contribution in [3.05, 3.63) is 0 Å². The van der Waals surface area contributed by atoms with Gasteiger partial charge in [0.05, 0.1) is 39.5 Å². The highest BCUT2D eigenvalue weighted by atomic mass is 16.5. The van der Waals surface area contributed by atoms with Crippen molar-refractivity contribution in [2.45, 2.75) is 40.5 Å². The second-order valence-corrected chi connectivity index (χ2v) is 5.65. The SMILES string of the molecule is CC(=O)CCOCCOCCC(=O)OCC(C)(C)C. The largest absolute Gasteiger partial charge is 0.465 e. The van der Waals surface area contributed by atoms with E-state index in [1.54, 1.807) is 0 Å². The summed E-state index contributed by atoms with van der Waals surface area (Å²) in [5, 5.41) is 0. The lowest BCUT2D eigenvalue weighted by molar-refractivity contribution is -0.147. The molecule has 0 aliphatic rings. The van der Waals surface area contributed by atoms with Crippen LogP contribution in [0.5, 0.6) is 0 Å². The van der Waals surface area contributed by atoms with Crippen LogP contribution in [0.4, 0.5) is 0 Å². The van der Waals surface area contributed by atoms with Crippen molar-refractivity contribution >= 4 is 11.8 Å². The first-order valence-corrected chi connectivity index (χ1v) is 6.62. The van der Waals surface area contributed by atoms with Crippen molar-refractivity contribution in [3.8, 4) is 0 Å². The van der Waals surface area contributed by atoms with Crippen molar-refractivity contribution in [2.75, 3.05) is 33.0 Å². The van der Waals surface area contributed by atoms with E-state index in [0.29, 0.717) is 39.5 Å². The summed E-state index contributed by atoms with van der Waals surface area (Å²) in [6.45, 7) is 9.59. The summed E-state index contributed by atoms with van der Waals surface area (Å²) in [6.07, 6.45) is 0.683. The van der Waals surface area contributed by atoms with Crippen LogP contribution in [0.15, 0.2) is 0 Å². The third-order valence-corrected chi connectivity index (χ3v) is 2.09. The molecule has 0 unspecified atom stereocenters. The molecule has 0 spiro atoms. The van der Waals surface area contributed by atoms with Gasteiger partial charge in [0.25, 0.3) is 0 Å². The van der Waals surface area contributed by atoms with Crippen LogP contribution in [0.25, 0.3) is 0 Å². The average Bonchev–Trinajstić information content (AvgIpc) is 2.28. The van der Waals surface area contributed by atoms with Crippen LogP contribution < -0.4 is 0 Å². The first-order valence-electron chi connectivity index (χ1n) is 6.62. The molecular formula is C14H26O5. The van der Waals surface area contributed by atoms with Gasteiger partial charge in [0.2, 0.25) is 0 Å². The molecular weight excluding hydrogens is 248 g/mol. The number of hydrogen-bond acceptors (Lipinski definition) is 5. The molecule has 0 saturated heterocycles. The first-order chi connectivity index (χ1) is 8.81. The fourth-order valence-corrected chi connectivity index (χ4v) is 1.06. The van der Waals surface area contributed by atoms with Gasteiger partial charge in [-0.25, -0.2) is 0 Å². The maximum atomic E-state index is 11.3. The Kier molecular flexibility index (Phi) is 9.43. The Bertz CT molecular complexity index is 268. The van der Waals surface area contributed by atoms with E-state index in [4.69, 9.17) is 14.2 Å². The molecule has 0 atom stereocenters. The molecule has 5 heteroatoms. The predicted molar refractivity (Wildman–Crippen MR) is 72.0 cm³/mol. The lowest BCUT2D eigenvalue weighted by Crippen LogP contribution is -2.19. The zero-order valence-corrected chi connectivity index (χ0v) is 12.5. The van der Waals surface area contributed by atoms with Gasteiger partial charge in [-0.05, 0) is 12.3 Å². The molecule has 0 fully saturated rings. The first kappa shape index (κ1) is 18.1. The van der Waals surface area contributed by atoms with Gasteiger partial charge in [0.15, 0.2) is 0 Å². The highest BCUT2D eigenvalue weighted by Gasteiger charge is 2.13. The molecule has 0 aliphatic carbocycles. The maximum Gasteiger partial charge on any atom is 0.308 e. The van der Waals surface area contributed by atoms with Gasteiger partial charge in [-0.1, -0.05) is 20.8 Å². The van der Waals surface area contributed by atoms with Crippen LogP contribution in [0.1, 0.15) is 40.5 Å². The summed E-state index contributed by atoms with van der Waals surface area (Å²) >= 11 is 0. The zero-order chi connectivity index (χ0) is 14.7. The highest BCUT2D eigenvalue weighted by molar-refractivity contribution is 5.75. The van der Waals surface area contributed by atoms with Gasteiger partial charge in [-0.3, -0.25) is 9.59 Å².